The second kappa shape index (κ2) is 8.89. The number of carbonyl (C=O) groups is 2. The fourth-order valence-corrected chi connectivity index (χ4v) is 2.62. The first kappa shape index (κ1) is 18.5. The Hall–Kier alpha value is -1.80. The Morgan fingerprint density at radius 3 is 2.33 bits per heavy atom. The van der Waals surface area contributed by atoms with Gasteiger partial charge in [-0.05, 0) is 46.9 Å². The summed E-state index contributed by atoms with van der Waals surface area (Å²) in [7, 11) is 1.50. The van der Waals surface area contributed by atoms with Crippen molar-refractivity contribution in [1.82, 2.24) is 10.6 Å². The van der Waals surface area contributed by atoms with Crippen LogP contribution in [0.3, 0.4) is 0 Å². The molecule has 2 amide bonds. The Balaban J connectivity index is 1.88. The minimum atomic E-state index is -0.306. The molecule has 24 heavy (non-hydrogen) atoms. The molecule has 0 saturated carbocycles. The number of amides is 2. The molecule has 126 valence electrons. The zero-order chi connectivity index (χ0) is 17.5. The van der Waals surface area contributed by atoms with Crippen LogP contribution in [0.4, 0.5) is 0 Å². The van der Waals surface area contributed by atoms with E-state index in [-0.39, 0.29) is 11.8 Å². The first-order chi connectivity index (χ1) is 11.5. The Kier molecular flexibility index (Phi) is 6.86. The van der Waals surface area contributed by atoms with E-state index in [1.165, 1.54) is 7.11 Å². The SMILES string of the molecule is COc1cc(I)c(Cl)cc1C(=O)NCCNC(=O)c1ccccc1. The number of nitrogens with one attached hydrogen (secondary N) is 2. The minimum Gasteiger partial charge on any atom is -0.496 e. The summed E-state index contributed by atoms with van der Waals surface area (Å²) in [6.45, 7) is 0.615. The van der Waals surface area contributed by atoms with E-state index in [9.17, 15) is 9.59 Å². The van der Waals surface area contributed by atoms with Crippen molar-refractivity contribution in [3.8, 4) is 5.75 Å². The molecule has 2 aromatic rings. The molecular weight excluding hydrogens is 443 g/mol. The number of methoxy groups -OCH3 is 1. The molecule has 0 aromatic heterocycles. The van der Waals surface area contributed by atoms with Crippen LogP contribution in [0.15, 0.2) is 42.5 Å². The largest absolute Gasteiger partial charge is 0.496 e. The molecule has 0 spiro atoms. The van der Waals surface area contributed by atoms with Crippen molar-refractivity contribution >= 4 is 46.0 Å². The monoisotopic (exact) mass is 458 g/mol. The van der Waals surface area contributed by atoms with Crippen LogP contribution in [-0.2, 0) is 0 Å². The van der Waals surface area contributed by atoms with E-state index < -0.39 is 0 Å². The summed E-state index contributed by atoms with van der Waals surface area (Å²) in [6.07, 6.45) is 0. The van der Waals surface area contributed by atoms with Gasteiger partial charge >= 0.3 is 0 Å². The maximum atomic E-state index is 12.2. The van der Waals surface area contributed by atoms with Gasteiger partial charge in [0.2, 0.25) is 0 Å². The molecule has 0 unspecified atom stereocenters. The predicted octanol–water partition coefficient (Wildman–Crippen LogP) is 3.11. The summed E-state index contributed by atoms with van der Waals surface area (Å²) in [4.78, 5) is 24.1. The number of hydrogen-bond donors (Lipinski definition) is 2. The maximum Gasteiger partial charge on any atom is 0.255 e. The summed E-state index contributed by atoms with van der Waals surface area (Å²) in [5.41, 5.74) is 0.937. The van der Waals surface area contributed by atoms with E-state index in [0.29, 0.717) is 35.0 Å². The van der Waals surface area contributed by atoms with Crippen molar-refractivity contribution in [2.45, 2.75) is 0 Å². The van der Waals surface area contributed by atoms with E-state index in [4.69, 9.17) is 16.3 Å². The molecule has 0 aliphatic heterocycles. The third kappa shape index (κ3) is 4.85. The van der Waals surface area contributed by atoms with Crippen LogP contribution in [0, 0.1) is 3.57 Å². The van der Waals surface area contributed by atoms with Crippen LogP contribution in [0.1, 0.15) is 20.7 Å². The highest BCUT2D eigenvalue weighted by atomic mass is 127. The lowest BCUT2D eigenvalue weighted by Gasteiger charge is -2.11. The molecule has 0 fully saturated rings. The molecule has 0 aliphatic carbocycles. The number of benzene rings is 2. The third-order valence-electron chi connectivity index (χ3n) is 3.22. The number of hydrogen-bond acceptors (Lipinski definition) is 3. The molecule has 0 aliphatic rings. The van der Waals surface area contributed by atoms with Crippen LogP contribution in [-0.4, -0.2) is 32.0 Å². The van der Waals surface area contributed by atoms with Gasteiger partial charge in [-0.1, -0.05) is 29.8 Å². The molecule has 0 bridgehead atoms. The Bertz CT molecular complexity index is 738. The van der Waals surface area contributed by atoms with Gasteiger partial charge in [-0.15, -0.1) is 0 Å². The molecule has 0 heterocycles. The van der Waals surface area contributed by atoms with Crippen molar-refractivity contribution in [2.24, 2.45) is 0 Å². The maximum absolute atomic E-state index is 12.2. The predicted molar refractivity (Wildman–Crippen MR) is 102 cm³/mol. The number of rotatable bonds is 6. The Labute approximate surface area is 158 Å². The quantitative estimate of drug-likeness (QED) is 0.516. The van der Waals surface area contributed by atoms with Gasteiger partial charge in [-0.25, -0.2) is 0 Å². The zero-order valence-corrected chi connectivity index (χ0v) is 15.8. The summed E-state index contributed by atoms with van der Waals surface area (Å²) in [5.74, 6) is -0.0338. The molecule has 0 atom stereocenters. The molecule has 0 saturated heterocycles. The van der Waals surface area contributed by atoms with E-state index in [0.717, 1.165) is 3.57 Å². The van der Waals surface area contributed by atoms with Gasteiger partial charge < -0.3 is 15.4 Å². The highest BCUT2D eigenvalue weighted by molar-refractivity contribution is 14.1. The standard InChI is InChI=1S/C17H16ClIN2O3/c1-24-15-10-14(19)13(18)9-12(15)17(23)21-8-7-20-16(22)11-5-3-2-4-6-11/h2-6,9-10H,7-8H2,1H3,(H,20,22)(H,21,23). The van der Waals surface area contributed by atoms with Crippen molar-refractivity contribution in [2.75, 3.05) is 20.2 Å². The summed E-state index contributed by atoms with van der Waals surface area (Å²) < 4.78 is 6.01. The van der Waals surface area contributed by atoms with E-state index in [1.807, 2.05) is 6.07 Å². The van der Waals surface area contributed by atoms with E-state index in [1.54, 1.807) is 36.4 Å². The van der Waals surface area contributed by atoms with Gasteiger partial charge in [0.1, 0.15) is 5.75 Å². The molecule has 2 N–H and O–H groups in total. The van der Waals surface area contributed by atoms with Crippen LogP contribution < -0.4 is 15.4 Å². The topological polar surface area (TPSA) is 67.4 Å². The second-order valence-electron chi connectivity index (χ2n) is 4.84. The molecule has 0 radical (unpaired) electrons. The summed E-state index contributed by atoms with van der Waals surface area (Å²) in [6, 6.07) is 12.2. The number of halogens is 2. The van der Waals surface area contributed by atoms with Crippen LogP contribution >= 0.6 is 34.2 Å². The van der Waals surface area contributed by atoms with Crippen LogP contribution in [0.5, 0.6) is 5.75 Å². The van der Waals surface area contributed by atoms with E-state index >= 15 is 0 Å². The van der Waals surface area contributed by atoms with Gasteiger partial charge in [-0.2, -0.15) is 0 Å². The number of carbonyl (C=O) groups excluding carboxylic acids is 2. The molecule has 7 heteroatoms. The first-order valence-corrected chi connectivity index (χ1v) is 8.63. The fourth-order valence-electron chi connectivity index (χ4n) is 2.01. The average Bonchev–Trinajstić information content (AvgIpc) is 2.61. The highest BCUT2D eigenvalue weighted by Gasteiger charge is 2.14. The van der Waals surface area contributed by atoms with Gasteiger partial charge in [0, 0.05) is 22.2 Å². The smallest absolute Gasteiger partial charge is 0.255 e. The third-order valence-corrected chi connectivity index (χ3v) is 4.74. The Morgan fingerprint density at radius 2 is 1.71 bits per heavy atom. The lowest BCUT2D eigenvalue weighted by Crippen LogP contribution is -2.34. The fraction of sp³-hybridized carbons (Fsp3) is 0.176. The summed E-state index contributed by atoms with van der Waals surface area (Å²) >= 11 is 8.13. The van der Waals surface area contributed by atoms with Crippen molar-refractivity contribution < 1.29 is 14.3 Å². The van der Waals surface area contributed by atoms with E-state index in [2.05, 4.69) is 33.2 Å². The molecule has 5 nitrogen and oxygen atoms in total. The highest BCUT2D eigenvalue weighted by Crippen LogP contribution is 2.28. The molecular formula is C17H16ClIN2O3. The van der Waals surface area contributed by atoms with Crippen molar-refractivity contribution in [3.05, 3.63) is 62.2 Å². The van der Waals surface area contributed by atoms with Crippen molar-refractivity contribution in [1.29, 1.82) is 0 Å². The minimum absolute atomic E-state index is 0.181. The molecule has 2 rings (SSSR count). The van der Waals surface area contributed by atoms with Crippen LogP contribution in [0.25, 0.3) is 0 Å². The van der Waals surface area contributed by atoms with Gasteiger partial charge in [0.25, 0.3) is 11.8 Å². The van der Waals surface area contributed by atoms with Gasteiger partial charge in [-0.3, -0.25) is 9.59 Å². The van der Waals surface area contributed by atoms with Gasteiger partial charge in [0.15, 0.2) is 0 Å². The second-order valence-corrected chi connectivity index (χ2v) is 6.41. The lowest BCUT2D eigenvalue weighted by molar-refractivity contribution is 0.0926. The van der Waals surface area contributed by atoms with Gasteiger partial charge in [0.05, 0.1) is 17.7 Å². The van der Waals surface area contributed by atoms with Crippen molar-refractivity contribution in [3.63, 3.8) is 0 Å². The molecule has 2 aromatic carbocycles. The zero-order valence-electron chi connectivity index (χ0n) is 12.9. The Morgan fingerprint density at radius 1 is 1.08 bits per heavy atom. The average molecular weight is 459 g/mol. The van der Waals surface area contributed by atoms with Crippen LogP contribution in [0.2, 0.25) is 5.02 Å². The normalized spacial score (nSPS) is 10.1. The first-order valence-electron chi connectivity index (χ1n) is 7.17. The summed E-state index contributed by atoms with van der Waals surface area (Å²) in [5, 5.41) is 5.96. The lowest BCUT2D eigenvalue weighted by atomic mass is 10.2. The number of ether oxygens (including phenoxy) is 1.